The predicted molar refractivity (Wildman–Crippen MR) is 107 cm³/mol. The number of benzene rings is 2. The van der Waals surface area contributed by atoms with Crippen LogP contribution in [0, 0.1) is 0 Å². The van der Waals surface area contributed by atoms with Gasteiger partial charge in [0.15, 0.2) is 5.60 Å². The summed E-state index contributed by atoms with van der Waals surface area (Å²) in [6.45, 7) is 3.58. The Bertz CT molecular complexity index is 886. The second kappa shape index (κ2) is 6.97. The summed E-state index contributed by atoms with van der Waals surface area (Å²) in [4.78, 5) is 0. The van der Waals surface area contributed by atoms with Gasteiger partial charge in [0, 0.05) is 11.6 Å². The van der Waals surface area contributed by atoms with Crippen molar-refractivity contribution in [3.05, 3.63) is 70.9 Å². The van der Waals surface area contributed by atoms with Gasteiger partial charge in [-0.1, -0.05) is 42.8 Å². The second-order valence-corrected chi connectivity index (χ2v) is 8.39. The van der Waals surface area contributed by atoms with E-state index < -0.39 is 16.6 Å². The molecule has 2 aromatic rings. The van der Waals surface area contributed by atoms with Crippen molar-refractivity contribution in [3.63, 3.8) is 0 Å². The van der Waals surface area contributed by atoms with Gasteiger partial charge < -0.3 is 10.1 Å². The topological polar surface area (TPSA) is 41.6 Å². The Kier molecular flexibility index (Phi) is 4.67. The molecule has 1 aliphatic heterocycles. The van der Waals surface area contributed by atoms with Gasteiger partial charge in [-0.25, -0.2) is 4.21 Å². The standard InChI is InChI=1S/C20H21ClN2O2S/c1-2-10-22-19-12-20(19)14-23(17-8-3-4-9-18(17)25-20)26(24)13-15-6-5-7-16(21)11-15/h3-9,11-12,22H,2,10,13-14H2,1H3. The van der Waals surface area contributed by atoms with Gasteiger partial charge >= 0.3 is 0 Å². The largest absolute Gasteiger partial charge is 0.473 e. The molecule has 2 aromatic carbocycles. The summed E-state index contributed by atoms with van der Waals surface area (Å²) in [6.07, 6.45) is 3.14. The maximum absolute atomic E-state index is 13.2. The van der Waals surface area contributed by atoms with Crippen molar-refractivity contribution in [2.24, 2.45) is 0 Å². The van der Waals surface area contributed by atoms with Gasteiger partial charge in [0.1, 0.15) is 16.7 Å². The van der Waals surface area contributed by atoms with Crippen molar-refractivity contribution < 1.29 is 8.95 Å². The quantitative estimate of drug-likeness (QED) is 0.812. The highest BCUT2D eigenvalue weighted by Gasteiger charge is 2.52. The summed E-state index contributed by atoms with van der Waals surface area (Å²) in [5.41, 5.74) is 2.43. The summed E-state index contributed by atoms with van der Waals surface area (Å²) in [6, 6.07) is 15.3. The van der Waals surface area contributed by atoms with Crippen molar-refractivity contribution in [1.29, 1.82) is 0 Å². The lowest BCUT2D eigenvalue weighted by atomic mass is 10.2. The number of hydrogen-bond donors (Lipinski definition) is 1. The van der Waals surface area contributed by atoms with E-state index in [4.69, 9.17) is 16.3 Å². The second-order valence-electron chi connectivity index (χ2n) is 6.58. The highest BCUT2D eigenvalue weighted by atomic mass is 35.5. The number of fused-ring (bicyclic) bond motifs is 1. The van der Waals surface area contributed by atoms with Gasteiger partial charge in [-0.15, -0.1) is 0 Å². The third-order valence-electron chi connectivity index (χ3n) is 4.55. The smallest absolute Gasteiger partial charge is 0.187 e. The van der Waals surface area contributed by atoms with Crippen molar-refractivity contribution in [2.45, 2.75) is 24.7 Å². The van der Waals surface area contributed by atoms with E-state index in [1.165, 1.54) is 0 Å². The first-order valence-corrected chi connectivity index (χ1v) is 10.4. The van der Waals surface area contributed by atoms with E-state index in [-0.39, 0.29) is 0 Å². The zero-order chi connectivity index (χ0) is 18.1. The van der Waals surface area contributed by atoms with Crippen LogP contribution in [0.2, 0.25) is 5.02 Å². The minimum absolute atomic E-state index is 0.419. The van der Waals surface area contributed by atoms with E-state index in [0.717, 1.165) is 35.7 Å². The molecule has 6 heteroatoms. The Labute approximate surface area is 161 Å². The van der Waals surface area contributed by atoms with Gasteiger partial charge in [-0.3, -0.25) is 4.31 Å². The van der Waals surface area contributed by atoms with E-state index in [9.17, 15) is 4.21 Å². The Balaban J connectivity index is 1.57. The van der Waals surface area contributed by atoms with Crippen LogP contribution in [-0.2, 0) is 16.7 Å². The third-order valence-corrected chi connectivity index (χ3v) is 6.18. The molecule has 2 aliphatic rings. The molecule has 136 valence electrons. The summed E-state index contributed by atoms with van der Waals surface area (Å²) in [5.74, 6) is 1.19. The summed E-state index contributed by atoms with van der Waals surface area (Å²) in [5, 5.41) is 4.07. The van der Waals surface area contributed by atoms with Gasteiger partial charge in [0.2, 0.25) is 0 Å². The van der Waals surface area contributed by atoms with E-state index in [2.05, 4.69) is 18.3 Å². The minimum Gasteiger partial charge on any atom is -0.473 e. The minimum atomic E-state index is -1.22. The first kappa shape index (κ1) is 17.4. The average Bonchev–Trinajstić information content (AvgIpc) is 3.30. The molecule has 0 fully saturated rings. The Hall–Kier alpha value is -1.98. The summed E-state index contributed by atoms with van der Waals surface area (Å²) < 4.78 is 21.4. The van der Waals surface area contributed by atoms with Crippen LogP contribution < -0.4 is 14.4 Å². The summed E-state index contributed by atoms with van der Waals surface area (Å²) in [7, 11) is -1.22. The fraction of sp³-hybridized carbons (Fsp3) is 0.300. The highest BCUT2D eigenvalue weighted by Crippen LogP contribution is 2.47. The number of nitrogens with one attached hydrogen (secondary N) is 1. The molecule has 2 atom stereocenters. The van der Waals surface area contributed by atoms with Crippen LogP contribution in [-0.4, -0.2) is 22.9 Å². The van der Waals surface area contributed by atoms with Gasteiger partial charge in [-0.2, -0.15) is 0 Å². The van der Waals surface area contributed by atoms with Crippen molar-refractivity contribution in [2.75, 3.05) is 17.4 Å². The maximum atomic E-state index is 13.2. The van der Waals surface area contributed by atoms with Crippen molar-refractivity contribution in [3.8, 4) is 5.75 Å². The normalized spacial score (nSPS) is 21.6. The molecule has 0 saturated carbocycles. The molecule has 26 heavy (non-hydrogen) atoms. The molecule has 4 nitrogen and oxygen atoms in total. The van der Waals surface area contributed by atoms with Gasteiger partial charge in [-0.05, 0) is 42.3 Å². The third kappa shape index (κ3) is 3.33. The van der Waals surface area contributed by atoms with Crippen molar-refractivity contribution in [1.82, 2.24) is 5.32 Å². The van der Waals surface area contributed by atoms with Crippen LogP contribution >= 0.6 is 11.6 Å². The lowest BCUT2D eigenvalue weighted by Gasteiger charge is -2.36. The molecule has 1 N–H and O–H groups in total. The molecule has 0 bridgehead atoms. The van der Waals surface area contributed by atoms with E-state index in [1.54, 1.807) is 0 Å². The number of ether oxygens (including phenoxy) is 1. The lowest BCUT2D eigenvalue weighted by Crippen LogP contribution is -2.46. The monoisotopic (exact) mass is 388 g/mol. The van der Waals surface area contributed by atoms with Gasteiger partial charge in [0.25, 0.3) is 0 Å². The lowest BCUT2D eigenvalue weighted by molar-refractivity contribution is 0.192. The molecule has 0 aromatic heterocycles. The van der Waals surface area contributed by atoms with Crippen LogP contribution in [0.5, 0.6) is 5.75 Å². The molecule has 0 amide bonds. The number of anilines is 1. The molecule has 4 rings (SSSR count). The summed E-state index contributed by atoms with van der Waals surface area (Å²) >= 11 is 6.07. The average molecular weight is 389 g/mol. The zero-order valence-electron chi connectivity index (χ0n) is 14.6. The highest BCUT2D eigenvalue weighted by molar-refractivity contribution is 7.85. The molecule has 2 unspecified atom stereocenters. The van der Waals surface area contributed by atoms with Crippen molar-refractivity contribution >= 4 is 28.3 Å². The maximum Gasteiger partial charge on any atom is 0.187 e. The number of halogens is 1. The fourth-order valence-electron chi connectivity index (χ4n) is 3.18. The SMILES string of the molecule is CCCNC1=CC12CN(S(=O)Cc1cccc(Cl)c1)c1ccccc1O2. The zero-order valence-corrected chi connectivity index (χ0v) is 16.1. The number of nitrogens with zero attached hydrogens (tertiary/aromatic N) is 1. The van der Waals surface area contributed by atoms with E-state index >= 15 is 0 Å². The van der Waals surface area contributed by atoms with E-state index in [0.29, 0.717) is 17.3 Å². The van der Waals surface area contributed by atoms with Crippen LogP contribution in [0.1, 0.15) is 18.9 Å². The van der Waals surface area contributed by atoms with E-state index in [1.807, 2.05) is 52.8 Å². The fourth-order valence-corrected chi connectivity index (χ4v) is 4.72. The molecular weight excluding hydrogens is 368 g/mol. The van der Waals surface area contributed by atoms with Crippen LogP contribution in [0.3, 0.4) is 0 Å². The molecule has 0 saturated heterocycles. The number of para-hydroxylation sites is 2. The Morgan fingerprint density at radius 2 is 2.12 bits per heavy atom. The Morgan fingerprint density at radius 1 is 1.27 bits per heavy atom. The predicted octanol–water partition coefficient (Wildman–Crippen LogP) is 4.04. The molecule has 1 heterocycles. The first-order chi connectivity index (χ1) is 12.6. The number of hydrogen-bond acceptors (Lipinski definition) is 3. The molecule has 1 aliphatic carbocycles. The van der Waals surface area contributed by atoms with Crippen LogP contribution in [0.4, 0.5) is 5.69 Å². The Morgan fingerprint density at radius 3 is 2.92 bits per heavy atom. The first-order valence-electron chi connectivity index (χ1n) is 8.77. The number of rotatable bonds is 6. The van der Waals surface area contributed by atoms with Gasteiger partial charge in [0.05, 0.1) is 23.7 Å². The van der Waals surface area contributed by atoms with Crippen LogP contribution in [0.25, 0.3) is 0 Å². The van der Waals surface area contributed by atoms with Crippen LogP contribution in [0.15, 0.2) is 60.3 Å². The molecule has 1 spiro atoms. The molecule has 0 radical (unpaired) electrons. The molecular formula is C20H21ClN2O2S.